The minimum Gasteiger partial charge on any atom is -0.213 e. The standard InChI is InChI=1S/C10H18BN/c1-9(2)10-4-3-6-11(8-12)7-5-10/h9-10H,3-7H2,1-2H3. The lowest BCUT2D eigenvalue weighted by Gasteiger charge is -2.17. The molecule has 0 radical (unpaired) electrons. The molecule has 0 aromatic carbocycles. The van der Waals surface area contributed by atoms with E-state index in [0.717, 1.165) is 24.5 Å². The van der Waals surface area contributed by atoms with Gasteiger partial charge in [-0.15, -0.1) is 0 Å². The van der Waals surface area contributed by atoms with Gasteiger partial charge >= 0.3 is 0 Å². The summed E-state index contributed by atoms with van der Waals surface area (Å²) < 4.78 is 0. The Balaban J connectivity index is 2.40. The Morgan fingerprint density at radius 1 is 1.33 bits per heavy atom. The molecule has 1 rings (SSSR count). The summed E-state index contributed by atoms with van der Waals surface area (Å²) >= 11 is 0. The van der Waals surface area contributed by atoms with Gasteiger partial charge in [0.1, 0.15) is 0 Å². The molecule has 0 aliphatic carbocycles. The van der Waals surface area contributed by atoms with Crippen molar-refractivity contribution in [3.63, 3.8) is 0 Å². The Morgan fingerprint density at radius 3 is 2.67 bits per heavy atom. The van der Waals surface area contributed by atoms with Gasteiger partial charge in [0.25, 0.3) is 6.71 Å². The van der Waals surface area contributed by atoms with E-state index in [-0.39, 0.29) is 0 Å². The molecule has 0 amide bonds. The summed E-state index contributed by atoms with van der Waals surface area (Å²) in [6.45, 7) is 4.96. The Labute approximate surface area is 76.2 Å². The lowest BCUT2D eigenvalue weighted by atomic mass is 9.46. The molecule has 12 heavy (non-hydrogen) atoms. The fourth-order valence-electron chi connectivity index (χ4n) is 2.13. The molecule has 0 aromatic heterocycles. The van der Waals surface area contributed by atoms with Gasteiger partial charge in [-0.2, -0.15) is 0 Å². The average molecular weight is 163 g/mol. The maximum Gasteiger partial charge on any atom is 0.267 e. The maximum atomic E-state index is 8.79. The highest BCUT2D eigenvalue weighted by Crippen LogP contribution is 2.28. The molecular weight excluding hydrogens is 145 g/mol. The highest BCUT2D eigenvalue weighted by Gasteiger charge is 2.22. The summed E-state index contributed by atoms with van der Waals surface area (Å²) in [4.78, 5) is 0. The SMILES string of the molecule is CC(C)C1CCCB(C#N)CC1. The second-order valence-electron chi connectivity index (χ2n) is 4.34. The van der Waals surface area contributed by atoms with Crippen molar-refractivity contribution in [1.29, 1.82) is 5.26 Å². The maximum absolute atomic E-state index is 8.79. The smallest absolute Gasteiger partial charge is 0.213 e. The van der Waals surface area contributed by atoms with Crippen molar-refractivity contribution in [2.75, 3.05) is 0 Å². The molecule has 1 nitrogen and oxygen atoms in total. The average Bonchev–Trinajstić information content (AvgIpc) is 2.28. The third-order valence-corrected chi connectivity index (χ3v) is 3.14. The van der Waals surface area contributed by atoms with Gasteiger partial charge in [0.2, 0.25) is 0 Å². The zero-order valence-corrected chi connectivity index (χ0v) is 8.21. The molecule has 1 unspecified atom stereocenters. The van der Waals surface area contributed by atoms with E-state index in [2.05, 4.69) is 19.8 Å². The summed E-state index contributed by atoms with van der Waals surface area (Å²) in [5, 5.41) is 8.79. The molecule has 1 aliphatic rings. The fraction of sp³-hybridized carbons (Fsp3) is 0.900. The lowest BCUT2D eigenvalue weighted by Crippen LogP contribution is -2.09. The van der Waals surface area contributed by atoms with Crippen LogP contribution in [-0.2, 0) is 0 Å². The summed E-state index contributed by atoms with van der Waals surface area (Å²) in [5.41, 5.74) is 0. The number of nitrogens with zero attached hydrogens (tertiary/aromatic N) is 1. The predicted octanol–water partition coefficient (Wildman–Crippen LogP) is 3.00. The molecule has 1 atom stereocenters. The molecule has 1 aliphatic heterocycles. The van der Waals surface area contributed by atoms with Gasteiger partial charge in [0, 0.05) is 5.97 Å². The third kappa shape index (κ3) is 2.55. The molecule has 1 fully saturated rings. The van der Waals surface area contributed by atoms with E-state index < -0.39 is 0 Å². The fourth-order valence-corrected chi connectivity index (χ4v) is 2.13. The van der Waals surface area contributed by atoms with Gasteiger partial charge in [0.05, 0.1) is 0 Å². The number of hydrogen-bond donors (Lipinski definition) is 0. The molecule has 1 heterocycles. The van der Waals surface area contributed by atoms with Gasteiger partial charge in [-0.1, -0.05) is 45.8 Å². The van der Waals surface area contributed by atoms with E-state index in [1.165, 1.54) is 19.3 Å². The Bertz CT molecular complexity index is 171. The van der Waals surface area contributed by atoms with E-state index >= 15 is 0 Å². The molecule has 0 saturated carbocycles. The first-order chi connectivity index (χ1) is 5.74. The van der Waals surface area contributed by atoms with Crippen LogP contribution in [0.2, 0.25) is 12.6 Å². The molecule has 0 bridgehead atoms. The molecule has 1 saturated heterocycles. The van der Waals surface area contributed by atoms with Crippen molar-refractivity contribution in [2.45, 2.75) is 45.8 Å². The molecule has 0 spiro atoms. The number of nitriles is 1. The van der Waals surface area contributed by atoms with Gasteiger partial charge in [-0.3, -0.25) is 0 Å². The van der Waals surface area contributed by atoms with Crippen LogP contribution in [0.5, 0.6) is 0 Å². The second-order valence-corrected chi connectivity index (χ2v) is 4.34. The first kappa shape index (κ1) is 9.64. The summed E-state index contributed by atoms with van der Waals surface area (Å²) in [7, 11) is 0. The minimum absolute atomic E-state index is 0.355. The monoisotopic (exact) mass is 163 g/mol. The first-order valence-corrected chi connectivity index (χ1v) is 5.13. The Kier molecular flexibility index (Phi) is 3.65. The zero-order chi connectivity index (χ0) is 8.97. The topological polar surface area (TPSA) is 23.8 Å². The summed E-state index contributed by atoms with van der Waals surface area (Å²) in [6.07, 6.45) is 6.16. The van der Waals surface area contributed by atoms with Crippen LogP contribution in [0.1, 0.15) is 33.1 Å². The van der Waals surface area contributed by atoms with Crippen molar-refractivity contribution in [3.8, 4) is 5.97 Å². The van der Waals surface area contributed by atoms with Crippen LogP contribution < -0.4 is 0 Å². The predicted molar refractivity (Wildman–Crippen MR) is 53.2 cm³/mol. The van der Waals surface area contributed by atoms with E-state index in [0.29, 0.717) is 6.71 Å². The van der Waals surface area contributed by atoms with Gasteiger partial charge in [-0.25, -0.2) is 5.26 Å². The number of rotatable bonds is 1. The minimum atomic E-state index is 0.355. The van der Waals surface area contributed by atoms with Gasteiger partial charge in [0.15, 0.2) is 0 Å². The van der Waals surface area contributed by atoms with Crippen molar-refractivity contribution in [3.05, 3.63) is 0 Å². The molecule has 66 valence electrons. The van der Waals surface area contributed by atoms with E-state index in [4.69, 9.17) is 5.26 Å². The van der Waals surface area contributed by atoms with Crippen molar-refractivity contribution in [1.82, 2.24) is 0 Å². The van der Waals surface area contributed by atoms with Crippen molar-refractivity contribution in [2.24, 2.45) is 11.8 Å². The highest BCUT2D eigenvalue weighted by molar-refractivity contribution is 6.66. The van der Waals surface area contributed by atoms with E-state index in [9.17, 15) is 0 Å². The van der Waals surface area contributed by atoms with Crippen LogP contribution in [0.4, 0.5) is 0 Å². The van der Waals surface area contributed by atoms with Gasteiger partial charge < -0.3 is 0 Å². The molecular formula is C10H18BN. The Hall–Kier alpha value is -0.445. The van der Waals surface area contributed by atoms with Crippen LogP contribution in [-0.4, -0.2) is 6.71 Å². The van der Waals surface area contributed by atoms with Crippen LogP contribution in [0, 0.1) is 23.1 Å². The largest absolute Gasteiger partial charge is 0.267 e. The van der Waals surface area contributed by atoms with Crippen molar-refractivity contribution < 1.29 is 0 Å². The van der Waals surface area contributed by atoms with E-state index in [1.807, 2.05) is 0 Å². The molecule has 2 heteroatoms. The van der Waals surface area contributed by atoms with Gasteiger partial charge in [-0.05, 0) is 11.8 Å². The number of hydrogen-bond acceptors (Lipinski definition) is 1. The van der Waals surface area contributed by atoms with Crippen molar-refractivity contribution >= 4 is 6.71 Å². The Morgan fingerprint density at radius 2 is 2.08 bits per heavy atom. The zero-order valence-electron chi connectivity index (χ0n) is 8.21. The van der Waals surface area contributed by atoms with Crippen LogP contribution in [0.25, 0.3) is 0 Å². The van der Waals surface area contributed by atoms with Crippen LogP contribution in [0.15, 0.2) is 0 Å². The quantitative estimate of drug-likeness (QED) is 0.545. The summed E-state index contributed by atoms with van der Waals surface area (Å²) in [6, 6.07) is 0. The molecule has 0 N–H and O–H groups in total. The second kappa shape index (κ2) is 4.55. The van der Waals surface area contributed by atoms with E-state index in [1.54, 1.807) is 0 Å². The molecule has 0 aromatic rings. The van der Waals surface area contributed by atoms with Crippen LogP contribution in [0.3, 0.4) is 0 Å². The first-order valence-electron chi connectivity index (χ1n) is 5.13. The van der Waals surface area contributed by atoms with Crippen LogP contribution >= 0.6 is 0 Å². The lowest BCUT2D eigenvalue weighted by molar-refractivity contribution is 0.351. The summed E-state index contributed by atoms with van der Waals surface area (Å²) in [5.74, 6) is 4.09. The third-order valence-electron chi connectivity index (χ3n) is 3.14. The highest BCUT2D eigenvalue weighted by atomic mass is 14.2. The normalized spacial score (nSPS) is 25.2.